The molecular formula is C14H16N2O6. The summed E-state index contributed by atoms with van der Waals surface area (Å²) in [5.41, 5.74) is 0. The Morgan fingerprint density at radius 1 is 1.27 bits per heavy atom. The van der Waals surface area contributed by atoms with Crippen LogP contribution in [-0.4, -0.2) is 43.8 Å². The molecule has 0 bridgehead atoms. The van der Waals surface area contributed by atoms with Crippen molar-refractivity contribution in [2.45, 2.75) is 19.1 Å². The van der Waals surface area contributed by atoms with Gasteiger partial charge in [0.25, 0.3) is 5.91 Å². The number of nitrogens with one attached hydrogen (secondary N) is 2. The Balaban J connectivity index is 1.90. The molecule has 2 rings (SSSR count). The molecule has 0 aliphatic carbocycles. The molecule has 0 unspecified atom stereocenters. The number of esters is 1. The number of ether oxygens (including phenoxy) is 3. The first-order valence-electron chi connectivity index (χ1n) is 6.63. The van der Waals surface area contributed by atoms with Crippen LogP contribution in [0.25, 0.3) is 0 Å². The van der Waals surface area contributed by atoms with Crippen LogP contribution in [0.2, 0.25) is 0 Å². The van der Waals surface area contributed by atoms with Gasteiger partial charge in [-0.1, -0.05) is 12.1 Å². The Labute approximate surface area is 126 Å². The van der Waals surface area contributed by atoms with Crippen LogP contribution in [0.4, 0.5) is 4.79 Å². The number of hydrogen-bond acceptors (Lipinski definition) is 6. The molecule has 0 radical (unpaired) electrons. The molecular weight excluding hydrogens is 292 g/mol. The number of imide groups is 1. The molecule has 1 aliphatic rings. The van der Waals surface area contributed by atoms with E-state index in [2.05, 4.69) is 5.32 Å². The van der Waals surface area contributed by atoms with Crippen molar-refractivity contribution in [3.05, 3.63) is 24.3 Å². The van der Waals surface area contributed by atoms with Crippen LogP contribution in [0, 0.1) is 0 Å². The Bertz CT molecular complexity index is 588. The van der Waals surface area contributed by atoms with E-state index in [1.165, 1.54) is 14.0 Å². The van der Waals surface area contributed by atoms with E-state index >= 15 is 0 Å². The summed E-state index contributed by atoms with van der Waals surface area (Å²) < 4.78 is 15.8. The number of hydrogen-bond donors (Lipinski definition) is 2. The Morgan fingerprint density at radius 3 is 2.64 bits per heavy atom. The van der Waals surface area contributed by atoms with E-state index in [0.29, 0.717) is 11.5 Å². The van der Waals surface area contributed by atoms with E-state index < -0.39 is 30.1 Å². The molecule has 3 amide bonds. The lowest BCUT2D eigenvalue weighted by Gasteiger charge is -2.25. The maximum Gasteiger partial charge on any atom is 0.351 e. The summed E-state index contributed by atoms with van der Waals surface area (Å²) >= 11 is 0. The molecule has 8 nitrogen and oxygen atoms in total. The summed E-state index contributed by atoms with van der Waals surface area (Å²) in [6, 6.07) is 6.23. The molecule has 8 heteroatoms. The molecule has 1 heterocycles. The molecule has 0 saturated heterocycles. The van der Waals surface area contributed by atoms with Crippen LogP contribution >= 0.6 is 0 Å². The second-order valence-corrected chi connectivity index (χ2v) is 4.51. The minimum Gasteiger partial charge on any atom is -0.485 e. The number of urea groups is 1. The number of amides is 3. The first kappa shape index (κ1) is 15.6. The second kappa shape index (κ2) is 6.79. The number of carbonyl (C=O) groups excluding carboxylic acids is 3. The number of fused-ring (bicyclic) bond motifs is 1. The van der Waals surface area contributed by atoms with Gasteiger partial charge in [0.15, 0.2) is 17.6 Å². The third-order valence-electron chi connectivity index (χ3n) is 2.90. The largest absolute Gasteiger partial charge is 0.485 e. The summed E-state index contributed by atoms with van der Waals surface area (Å²) in [6.45, 7) is 1.34. The van der Waals surface area contributed by atoms with Gasteiger partial charge in [0, 0.05) is 7.05 Å². The average molecular weight is 308 g/mol. The molecule has 118 valence electrons. The van der Waals surface area contributed by atoms with Gasteiger partial charge in [-0.15, -0.1) is 0 Å². The molecule has 0 spiro atoms. The molecule has 0 fully saturated rings. The topological polar surface area (TPSA) is 103 Å². The molecule has 22 heavy (non-hydrogen) atoms. The van der Waals surface area contributed by atoms with Gasteiger partial charge in [-0.25, -0.2) is 9.59 Å². The zero-order chi connectivity index (χ0) is 16.1. The molecule has 2 atom stereocenters. The van der Waals surface area contributed by atoms with E-state index in [4.69, 9.17) is 14.2 Å². The van der Waals surface area contributed by atoms with Crippen molar-refractivity contribution < 1.29 is 28.6 Å². The Morgan fingerprint density at radius 2 is 1.95 bits per heavy atom. The van der Waals surface area contributed by atoms with Crippen molar-refractivity contribution in [2.75, 3.05) is 13.7 Å². The van der Waals surface area contributed by atoms with Crippen molar-refractivity contribution >= 4 is 17.9 Å². The number of carbonyl (C=O) groups is 3. The predicted molar refractivity (Wildman–Crippen MR) is 74.5 cm³/mol. The Hall–Kier alpha value is -2.77. The van der Waals surface area contributed by atoms with Crippen LogP contribution in [0.3, 0.4) is 0 Å². The molecule has 1 aliphatic heterocycles. The van der Waals surface area contributed by atoms with Gasteiger partial charge in [0.1, 0.15) is 6.61 Å². The molecule has 0 saturated carbocycles. The second-order valence-electron chi connectivity index (χ2n) is 4.51. The summed E-state index contributed by atoms with van der Waals surface area (Å²) in [6.07, 6.45) is -2.10. The minimum absolute atomic E-state index is 0.0143. The SMILES string of the molecule is CNC(=O)NC(=O)[C@H](C)OC(=O)[C@H]1COc2ccccc2O1. The van der Waals surface area contributed by atoms with Crippen LogP contribution in [-0.2, 0) is 14.3 Å². The summed E-state index contributed by atoms with van der Waals surface area (Å²) in [5.74, 6) is -0.506. The third-order valence-corrected chi connectivity index (χ3v) is 2.90. The average Bonchev–Trinajstić information content (AvgIpc) is 2.53. The Kier molecular flexibility index (Phi) is 4.82. The zero-order valence-corrected chi connectivity index (χ0v) is 12.1. The molecule has 1 aromatic carbocycles. The highest BCUT2D eigenvalue weighted by molar-refractivity contribution is 5.97. The summed E-state index contributed by atoms with van der Waals surface area (Å²) in [5, 5.41) is 4.24. The monoisotopic (exact) mass is 308 g/mol. The van der Waals surface area contributed by atoms with E-state index in [9.17, 15) is 14.4 Å². The lowest BCUT2D eigenvalue weighted by molar-refractivity contribution is -0.163. The maximum atomic E-state index is 12.0. The van der Waals surface area contributed by atoms with Gasteiger partial charge in [0.05, 0.1) is 0 Å². The number of rotatable bonds is 3. The third kappa shape index (κ3) is 3.66. The van der Waals surface area contributed by atoms with E-state index in [-0.39, 0.29) is 6.61 Å². The van der Waals surface area contributed by atoms with Gasteiger partial charge in [-0.05, 0) is 19.1 Å². The number of benzene rings is 1. The summed E-state index contributed by atoms with van der Waals surface area (Å²) in [4.78, 5) is 34.6. The predicted octanol–water partition coefficient (Wildman–Crippen LogP) is 0.214. The van der Waals surface area contributed by atoms with Crippen molar-refractivity contribution in [3.8, 4) is 11.5 Å². The maximum absolute atomic E-state index is 12.0. The lowest BCUT2D eigenvalue weighted by atomic mass is 10.2. The van der Waals surface area contributed by atoms with Gasteiger partial charge in [-0.3, -0.25) is 10.1 Å². The fraction of sp³-hybridized carbons (Fsp3) is 0.357. The first-order valence-corrected chi connectivity index (χ1v) is 6.63. The molecule has 2 N–H and O–H groups in total. The first-order chi connectivity index (χ1) is 10.5. The van der Waals surface area contributed by atoms with Gasteiger partial charge >= 0.3 is 12.0 Å². The normalized spacial score (nSPS) is 17.1. The van der Waals surface area contributed by atoms with E-state index in [0.717, 1.165) is 0 Å². The van der Waals surface area contributed by atoms with Crippen molar-refractivity contribution in [3.63, 3.8) is 0 Å². The van der Waals surface area contributed by atoms with E-state index in [1.807, 2.05) is 5.32 Å². The highest BCUT2D eigenvalue weighted by Crippen LogP contribution is 2.31. The van der Waals surface area contributed by atoms with Crippen LogP contribution in [0.5, 0.6) is 11.5 Å². The molecule has 0 aromatic heterocycles. The van der Waals surface area contributed by atoms with Crippen LogP contribution in [0.1, 0.15) is 6.92 Å². The zero-order valence-electron chi connectivity index (χ0n) is 12.1. The number of para-hydroxylation sites is 2. The van der Waals surface area contributed by atoms with Crippen molar-refractivity contribution in [2.24, 2.45) is 0 Å². The van der Waals surface area contributed by atoms with Crippen molar-refractivity contribution in [1.29, 1.82) is 0 Å². The van der Waals surface area contributed by atoms with Gasteiger partial charge in [-0.2, -0.15) is 0 Å². The smallest absolute Gasteiger partial charge is 0.351 e. The highest BCUT2D eigenvalue weighted by atomic mass is 16.6. The van der Waals surface area contributed by atoms with Gasteiger partial charge < -0.3 is 19.5 Å². The minimum atomic E-state index is -1.13. The molecule has 1 aromatic rings. The fourth-order valence-corrected chi connectivity index (χ4v) is 1.72. The standard InChI is InChI=1S/C14H16N2O6/c1-8(12(17)16-14(19)15-2)21-13(18)11-7-20-9-5-3-4-6-10(9)22-11/h3-6,8,11H,7H2,1-2H3,(H2,15,16,17,19)/t8-,11+/m0/s1. The lowest BCUT2D eigenvalue weighted by Crippen LogP contribution is -2.46. The van der Waals surface area contributed by atoms with Crippen LogP contribution < -0.4 is 20.1 Å². The quantitative estimate of drug-likeness (QED) is 0.774. The van der Waals surface area contributed by atoms with Crippen molar-refractivity contribution in [1.82, 2.24) is 10.6 Å². The highest BCUT2D eigenvalue weighted by Gasteiger charge is 2.31. The summed E-state index contributed by atoms with van der Waals surface area (Å²) in [7, 11) is 1.37. The fourth-order valence-electron chi connectivity index (χ4n) is 1.72. The van der Waals surface area contributed by atoms with E-state index in [1.54, 1.807) is 24.3 Å². The van der Waals surface area contributed by atoms with Crippen LogP contribution in [0.15, 0.2) is 24.3 Å². The van der Waals surface area contributed by atoms with Gasteiger partial charge in [0.2, 0.25) is 6.10 Å².